The Balaban J connectivity index is 1.66. The first-order valence-electron chi connectivity index (χ1n) is 12.7. The number of carbonyl (C=O) groups is 1. The topological polar surface area (TPSA) is 150 Å². The summed E-state index contributed by atoms with van der Waals surface area (Å²) in [6.07, 6.45) is 0. The first-order valence-corrected chi connectivity index (χ1v) is 14.7. The number of amides is 1. The number of carbonyl (C=O) groups excluding carboxylic acids is 1. The standard InChI is InChI=1S/C28H39N7O3S/c1-18(36)30-19-12-14-21(15-13-19)39(29,37,38)22-11-9-10-20(16-22)31-28(7,8)27(5,6)25-33-32-24-17-23(26(2,3)4)34-35(24)25/h9-17,31,34H,1-8H3,(H,30,36)(H3,29,37,38). The normalized spacial score (nSPS) is 14.2. The monoisotopic (exact) mass is 553 g/mol. The van der Waals surface area contributed by atoms with Crippen molar-refractivity contribution in [2.75, 3.05) is 10.6 Å². The number of hydrogen-bond acceptors (Lipinski definition) is 5. The lowest BCUT2D eigenvalue weighted by molar-refractivity contribution is -0.114. The summed E-state index contributed by atoms with van der Waals surface area (Å²) in [5, 5.41) is 24.7. The van der Waals surface area contributed by atoms with E-state index in [0.29, 0.717) is 11.4 Å². The van der Waals surface area contributed by atoms with E-state index < -0.39 is 20.5 Å². The molecule has 1 amide bonds. The van der Waals surface area contributed by atoms with Gasteiger partial charge in [0.2, 0.25) is 5.91 Å². The van der Waals surface area contributed by atoms with Crippen LogP contribution in [0.3, 0.4) is 0 Å². The molecule has 11 heteroatoms. The van der Waals surface area contributed by atoms with Crippen LogP contribution in [0.15, 0.2) is 64.4 Å². The SMILES string of the molecule is CC(=O)Nc1ccc(S(N)(=O)(O)c2cccc(NC(C)(C)C(C)(C)c3nnc4cc(C(C)(C)C)[nH]n34)c2)cc1. The lowest BCUT2D eigenvalue weighted by Crippen LogP contribution is -2.50. The van der Waals surface area contributed by atoms with E-state index in [0.717, 1.165) is 17.2 Å². The second kappa shape index (κ2) is 9.00. The molecule has 210 valence electrons. The highest BCUT2D eigenvalue weighted by Crippen LogP contribution is 2.40. The zero-order chi connectivity index (χ0) is 29.0. The Morgan fingerprint density at radius 3 is 2.18 bits per heavy atom. The van der Waals surface area contributed by atoms with Crippen molar-refractivity contribution in [1.29, 1.82) is 0 Å². The number of aromatic nitrogens is 4. The molecule has 2 aromatic heterocycles. The maximum atomic E-state index is 13.8. The quantitative estimate of drug-likeness (QED) is 0.216. The number of rotatable bonds is 7. The molecule has 6 N–H and O–H groups in total. The molecule has 0 aliphatic carbocycles. The molecule has 0 aliphatic rings. The number of anilines is 2. The third-order valence-corrected chi connectivity index (χ3v) is 9.85. The Labute approximate surface area is 229 Å². The average Bonchev–Trinajstić information content (AvgIpc) is 3.40. The van der Waals surface area contributed by atoms with Crippen LogP contribution in [0.1, 0.15) is 66.9 Å². The summed E-state index contributed by atoms with van der Waals surface area (Å²) < 4.78 is 27.1. The Kier molecular flexibility index (Phi) is 6.57. The van der Waals surface area contributed by atoms with Crippen molar-refractivity contribution in [2.24, 2.45) is 5.14 Å². The predicted octanol–water partition coefficient (Wildman–Crippen LogP) is 5.07. The molecule has 0 atom stereocenters. The number of fused-ring (bicyclic) bond motifs is 1. The molecule has 0 radical (unpaired) electrons. The first kappa shape index (κ1) is 28.5. The van der Waals surface area contributed by atoms with E-state index >= 15 is 0 Å². The molecule has 0 spiro atoms. The lowest BCUT2D eigenvalue weighted by Gasteiger charge is -2.42. The molecule has 39 heavy (non-hydrogen) atoms. The van der Waals surface area contributed by atoms with Crippen LogP contribution >= 0.6 is 0 Å². The van der Waals surface area contributed by atoms with Crippen molar-refractivity contribution >= 4 is 32.5 Å². The molecule has 0 bridgehead atoms. The van der Waals surface area contributed by atoms with E-state index in [9.17, 15) is 13.6 Å². The number of aromatic amines is 1. The Morgan fingerprint density at radius 1 is 0.949 bits per heavy atom. The smallest absolute Gasteiger partial charge is 0.221 e. The summed E-state index contributed by atoms with van der Waals surface area (Å²) in [4.78, 5) is 11.4. The number of benzene rings is 2. The van der Waals surface area contributed by atoms with Crippen LogP contribution in [0, 0.1) is 0 Å². The molecular weight excluding hydrogens is 514 g/mol. The van der Waals surface area contributed by atoms with Gasteiger partial charge in [-0.3, -0.25) is 14.4 Å². The number of H-pyrrole nitrogens is 1. The Morgan fingerprint density at radius 2 is 1.59 bits per heavy atom. The molecule has 4 aromatic rings. The molecule has 10 nitrogen and oxygen atoms in total. The molecule has 0 fully saturated rings. The zero-order valence-corrected chi connectivity index (χ0v) is 24.6. The summed E-state index contributed by atoms with van der Waals surface area (Å²) in [5.74, 6) is 0.517. The van der Waals surface area contributed by atoms with E-state index in [2.05, 4.69) is 60.5 Å². The van der Waals surface area contributed by atoms with E-state index in [-0.39, 0.29) is 21.1 Å². The molecule has 2 aromatic carbocycles. The number of nitrogens with one attached hydrogen (secondary N) is 3. The second-order valence-electron chi connectivity index (χ2n) is 12.2. The Hall–Kier alpha value is -3.54. The van der Waals surface area contributed by atoms with Crippen molar-refractivity contribution in [3.63, 3.8) is 0 Å². The molecule has 0 saturated heterocycles. The third-order valence-electron chi connectivity index (χ3n) is 7.50. The summed E-state index contributed by atoms with van der Waals surface area (Å²) in [7, 11) is -4.90. The molecule has 0 unspecified atom stereocenters. The highest BCUT2D eigenvalue weighted by Gasteiger charge is 2.43. The van der Waals surface area contributed by atoms with Gasteiger partial charge in [0.15, 0.2) is 11.5 Å². The molecular formula is C28H39N7O3S. The summed E-state index contributed by atoms with van der Waals surface area (Å²) >= 11 is 0. The molecule has 0 saturated carbocycles. The fourth-order valence-corrected chi connectivity index (χ4v) is 5.96. The van der Waals surface area contributed by atoms with Crippen LogP contribution in [-0.4, -0.2) is 40.0 Å². The van der Waals surface area contributed by atoms with E-state index in [1.807, 2.05) is 30.5 Å². The maximum absolute atomic E-state index is 13.8. The van der Waals surface area contributed by atoms with Gasteiger partial charge < -0.3 is 10.6 Å². The Bertz CT molecular complexity index is 1600. The second-order valence-corrected chi connectivity index (χ2v) is 15.1. The number of hydrogen-bond donors (Lipinski definition) is 5. The van der Waals surface area contributed by atoms with E-state index in [1.165, 1.54) is 25.1 Å². The zero-order valence-electron chi connectivity index (χ0n) is 23.8. The number of nitrogens with two attached hydrogens (primary N) is 1. The van der Waals surface area contributed by atoms with E-state index in [1.54, 1.807) is 24.3 Å². The average molecular weight is 554 g/mol. The fourth-order valence-electron chi connectivity index (χ4n) is 4.33. The minimum atomic E-state index is -4.90. The largest absolute Gasteiger partial charge is 0.379 e. The van der Waals surface area contributed by atoms with Crippen LogP contribution in [0.2, 0.25) is 0 Å². The van der Waals surface area contributed by atoms with Gasteiger partial charge >= 0.3 is 0 Å². The van der Waals surface area contributed by atoms with Gasteiger partial charge in [0, 0.05) is 46.4 Å². The van der Waals surface area contributed by atoms with Gasteiger partial charge in [-0.25, -0.2) is 9.65 Å². The highest BCUT2D eigenvalue weighted by atomic mass is 32.3. The minimum absolute atomic E-state index is 0.0464. The van der Waals surface area contributed by atoms with Gasteiger partial charge in [-0.1, -0.05) is 50.2 Å². The lowest BCUT2D eigenvalue weighted by atomic mass is 9.73. The number of nitrogens with zero attached hydrogens (tertiary/aromatic N) is 3. The van der Waals surface area contributed by atoms with Crippen LogP contribution in [0.25, 0.3) is 5.65 Å². The van der Waals surface area contributed by atoms with Crippen molar-refractivity contribution < 1.29 is 13.6 Å². The van der Waals surface area contributed by atoms with E-state index in [4.69, 9.17) is 5.14 Å². The first-order chi connectivity index (χ1) is 17.8. The van der Waals surface area contributed by atoms with Gasteiger partial charge in [0.1, 0.15) is 0 Å². The van der Waals surface area contributed by atoms with Gasteiger partial charge in [-0.05, 0) is 56.3 Å². The summed E-state index contributed by atoms with van der Waals surface area (Å²) in [5.41, 5.74) is 1.75. The fraction of sp³-hybridized carbons (Fsp3) is 0.393. The highest BCUT2D eigenvalue weighted by molar-refractivity contribution is 8.13. The van der Waals surface area contributed by atoms with Gasteiger partial charge in [-0.2, -0.15) is 4.21 Å². The molecule has 4 rings (SSSR count). The minimum Gasteiger partial charge on any atom is -0.379 e. The maximum Gasteiger partial charge on any atom is 0.221 e. The van der Waals surface area contributed by atoms with Crippen molar-refractivity contribution in [2.45, 2.75) is 81.5 Å². The summed E-state index contributed by atoms with van der Waals surface area (Å²) in [6, 6.07) is 14.7. The van der Waals surface area contributed by atoms with Gasteiger partial charge in [-0.15, -0.1) is 10.2 Å². The molecule has 0 aliphatic heterocycles. The summed E-state index contributed by atoms with van der Waals surface area (Å²) in [6.45, 7) is 16.1. The van der Waals surface area contributed by atoms with Crippen LogP contribution in [-0.2, 0) is 25.2 Å². The van der Waals surface area contributed by atoms with Gasteiger partial charge in [0.05, 0.1) is 9.79 Å². The van der Waals surface area contributed by atoms with Crippen LogP contribution in [0.4, 0.5) is 11.4 Å². The predicted molar refractivity (Wildman–Crippen MR) is 155 cm³/mol. The molecule has 2 heterocycles. The third kappa shape index (κ3) is 5.21. The van der Waals surface area contributed by atoms with Crippen molar-refractivity contribution in [3.05, 3.63) is 66.1 Å². The van der Waals surface area contributed by atoms with Gasteiger partial charge in [0.25, 0.3) is 0 Å². The van der Waals surface area contributed by atoms with Crippen LogP contribution in [0.5, 0.6) is 0 Å². The van der Waals surface area contributed by atoms with Crippen molar-refractivity contribution in [3.8, 4) is 0 Å². The van der Waals surface area contributed by atoms with Crippen LogP contribution < -0.4 is 15.8 Å². The van der Waals surface area contributed by atoms with Crippen molar-refractivity contribution in [1.82, 2.24) is 19.8 Å².